The highest BCUT2D eigenvalue weighted by atomic mass is 32.2. The third-order valence-electron chi connectivity index (χ3n) is 5.96. The van der Waals surface area contributed by atoms with E-state index in [9.17, 15) is 9.59 Å². The average Bonchev–Trinajstić information content (AvgIpc) is 3.31. The fourth-order valence-corrected chi connectivity index (χ4v) is 5.63. The number of amides is 2. The lowest BCUT2D eigenvalue weighted by atomic mass is 10.0. The van der Waals surface area contributed by atoms with Crippen molar-refractivity contribution in [3.8, 4) is 11.1 Å². The summed E-state index contributed by atoms with van der Waals surface area (Å²) < 4.78 is 0. The molecule has 1 atom stereocenters. The summed E-state index contributed by atoms with van der Waals surface area (Å²) in [5.41, 5.74) is 8.05. The van der Waals surface area contributed by atoms with Gasteiger partial charge < -0.3 is 5.32 Å². The minimum Gasteiger partial charge on any atom is -0.322 e. The molecule has 2 aromatic carbocycles. The molecule has 2 amide bonds. The van der Waals surface area contributed by atoms with E-state index in [1.54, 1.807) is 6.20 Å². The van der Waals surface area contributed by atoms with Crippen molar-refractivity contribution in [2.75, 3.05) is 16.5 Å². The molecule has 4 aromatic rings. The zero-order valence-corrected chi connectivity index (χ0v) is 18.5. The summed E-state index contributed by atoms with van der Waals surface area (Å²) in [6.07, 6.45) is 1.68. The van der Waals surface area contributed by atoms with Crippen LogP contribution in [-0.2, 0) is 14.5 Å². The van der Waals surface area contributed by atoms with Gasteiger partial charge in [0.25, 0.3) is 11.8 Å². The Labute approximate surface area is 194 Å². The number of aryl methyl sites for hydroxylation is 1. The zero-order valence-electron chi connectivity index (χ0n) is 17.7. The smallest absolute Gasteiger partial charge is 0.267 e. The summed E-state index contributed by atoms with van der Waals surface area (Å²) in [4.78, 5) is 34.3. The lowest BCUT2D eigenvalue weighted by Crippen LogP contribution is -2.50. The molecule has 8 heteroatoms. The van der Waals surface area contributed by atoms with Crippen LogP contribution in [-0.4, -0.2) is 32.5 Å². The molecule has 2 aliphatic heterocycles. The monoisotopic (exact) mass is 453 g/mol. The number of rotatable bonds is 3. The summed E-state index contributed by atoms with van der Waals surface area (Å²) >= 11 is 1.31. The van der Waals surface area contributed by atoms with E-state index in [2.05, 4.69) is 15.7 Å². The van der Waals surface area contributed by atoms with Crippen LogP contribution in [0.25, 0.3) is 22.2 Å². The standard InChI is InChI=1S/C25H19N5O2S/c1-15-9-10-20-19(12-15)25(24(32)27-20)30(21(31)14-33-25)29-23-18(16-6-3-2-4-7-16)13-17-8-5-11-26-22(17)28-23/h2-13H,14H2,1H3,(H,27,32)(H,26,28,29). The van der Waals surface area contributed by atoms with Gasteiger partial charge in [0.05, 0.1) is 5.75 Å². The Hall–Kier alpha value is -3.91. The van der Waals surface area contributed by atoms with Gasteiger partial charge in [-0.2, -0.15) is 0 Å². The fraction of sp³-hybridized carbons (Fsp3) is 0.120. The number of benzene rings is 2. The van der Waals surface area contributed by atoms with Crippen molar-refractivity contribution in [1.82, 2.24) is 15.0 Å². The largest absolute Gasteiger partial charge is 0.322 e. The van der Waals surface area contributed by atoms with Crippen LogP contribution in [0, 0.1) is 6.92 Å². The Balaban J connectivity index is 1.52. The summed E-state index contributed by atoms with van der Waals surface area (Å²) in [7, 11) is 0. The van der Waals surface area contributed by atoms with Crippen LogP contribution in [0.15, 0.2) is 72.9 Å². The van der Waals surface area contributed by atoms with Gasteiger partial charge in [-0.1, -0.05) is 48.0 Å². The molecule has 4 heterocycles. The molecular weight excluding hydrogens is 434 g/mol. The Morgan fingerprint density at radius 1 is 1.06 bits per heavy atom. The van der Waals surface area contributed by atoms with Crippen molar-refractivity contribution in [2.45, 2.75) is 11.8 Å². The number of hydrazine groups is 1. The molecule has 6 rings (SSSR count). The number of anilines is 2. The first-order valence-electron chi connectivity index (χ1n) is 10.5. The minimum atomic E-state index is -1.20. The van der Waals surface area contributed by atoms with E-state index in [0.717, 1.165) is 33.3 Å². The number of carbonyl (C=O) groups is 2. The Morgan fingerprint density at radius 2 is 1.91 bits per heavy atom. The van der Waals surface area contributed by atoms with Crippen molar-refractivity contribution in [2.24, 2.45) is 0 Å². The Kier molecular flexibility index (Phi) is 4.38. The number of fused-ring (bicyclic) bond motifs is 3. The maximum absolute atomic E-state index is 13.3. The van der Waals surface area contributed by atoms with Crippen molar-refractivity contribution in [3.63, 3.8) is 0 Å². The number of carbonyl (C=O) groups excluding carboxylic acids is 2. The maximum atomic E-state index is 13.3. The highest BCUT2D eigenvalue weighted by Crippen LogP contribution is 2.52. The second kappa shape index (κ2) is 7.31. The zero-order chi connectivity index (χ0) is 22.6. The van der Waals surface area contributed by atoms with E-state index in [1.807, 2.05) is 73.7 Å². The predicted molar refractivity (Wildman–Crippen MR) is 129 cm³/mol. The highest BCUT2D eigenvalue weighted by Gasteiger charge is 2.58. The third-order valence-corrected chi connectivity index (χ3v) is 7.35. The summed E-state index contributed by atoms with van der Waals surface area (Å²) in [6.45, 7) is 1.97. The van der Waals surface area contributed by atoms with Gasteiger partial charge in [0.2, 0.25) is 4.87 Å². The molecule has 162 valence electrons. The van der Waals surface area contributed by atoms with E-state index >= 15 is 0 Å². The first-order chi connectivity index (χ1) is 16.1. The van der Waals surface area contributed by atoms with Gasteiger partial charge in [0, 0.05) is 28.4 Å². The molecule has 0 bridgehead atoms. The molecule has 0 radical (unpaired) electrons. The van der Waals surface area contributed by atoms with Crippen LogP contribution in [0.2, 0.25) is 0 Å². The molecule has 1 unspecified atom stereocenters. The molecule has 2 aromatic heterocycles. The van der Waals surface area contributed by atoms with Gasteiger partial charge in [-0.3, -0.25) is 15.0 Å². The van der Waals surface area contributed by atoms with Gasteiger partial charge in [-0.05, 0) is 36.8 Å². The molecular formula is C25H19N5O2S. The average molecular weight is 454 g/mol. The van der Waals surface area contributed by atoms with E-state index in [1.165, 1.54) is 16.8 Å². The number of nitrogens with one attached hydrogen (secondary N) is 2. The van der Waals surface area contributed by atoms with Crippen molar-refractivity contribution < 1.29 is 9.59 Å². The number of pyridine rings is 2. The van der Waals surface area contributed by atoms with Gasteiger partial charge in [-0.15, -0.1) is 11.8 Å². The minimum absolute atomic E-state index is 0.181. The van der Waals surface area contributed by atoms with Gasteiger partial charge in [0.15, 0.2) is 11.5 Å². The summed E-state index contributed by atoms with van der Waals surface area (Å²) in [5.74, 6) is 0.218. The quantitative estimate of drug-likeness (QED) is 0.481. The van der Waals surface area contributed by atoms with Crippen molar-refractivity contribution >= 4 is 46.1 Å². The van der Waals surface area contributed by atoms with Crippen LogP contribution in [0.3, 0.4) is 0 Å². The highest BCUT2D eigenvalue weighted by molar-refractivity contribution is 8.02. The van der Waals surface area contributed by atoms with Crippen LogP contribution < -0.4 is 10.7 Å². The molecule has 1 saturated heterocycles. The van der Waals surface area contributed by atoms with E-state index in [4.69, 9.17) is 4.98 Å². The second-order valence-electron chi connectivity index (χ2n) is 8.08. The number of nitrogens with zero attached hydrogens (tertiary/aromatic N) is 3. The van der Waals surface area contributed by atoms with Gasteiger partial charge in [0.1, 0.15) is 0 Å². The fourth-order valence-electron chi connectivity index (χ4n) is 4.39. The number of hydrogen-bond donors (Lipinski definition) is 2. The predicted octanol–water partition coefficient (Wildman–Crippen LogP) is 4.31. The third kappa shape index (κ3) is 2.98. The maximum Gasteiger partial charge on any atom is 0.267 e. The topological polar surface area (TPSA) is 87.2 Å². The number of aromatic nitrogens is 2. The molecule has 33 heavy (non-hydrogen) atoms. The van der Waals surface area contributed by atoms with Crippen molar-refractivity contribution in [1.29, 1.82) is 0 Å². The van der Waals surface area contributed by atoms with E-state index < -0.39 is 4.87 Å². The van der Waals surface area contributed by atoms with Crippen LogP contribution in [0.5, 0.6) is 0 Å². The second-order valence-corrected chi connectivity index (χ2v) is 9.25. The molecule has 2 N–H and O–H groups in total. The van der Waals surface area contributed by atoms with E-state index in [0.29, 0.717) is 11.5 Å². The molecule has 7 nitrogen and oxygen atoms in total. The van der Waals surface area contributed by atoms with Crippen molar-refractivity contribution in [3.05, 3.63) is 84.1 Å². The number of hydrogen-bond acceptors (Lipinski definition) is 6. The summed E-state index contributed by atoms with van der Waals surface area (Å²) in [6, 6.07) is 21.4. The Morgan fingerprint density at radius 3 is 2.76 bits per heavy atom. The molecule has 0 aliphatic carbocycles. The lowest BCUT2D eigenvalue weighted by Gasteiger charge is -2.33. The van der Waals surface area contributed by atoms with Gasteiger partial charge >= 0.3 is 0 Å². The molecule has 1 fully saturated rings. The van der Waals surface area contributed by atoms with E-state index in [-0.39, 0.29) is 17.6 Å². The Bertz CT molecular complexity index is 1440. The first kappa shape index (κ1) is 19.8. The lowest BCUT2D eigenvalue weighted by molar-refractivity contribution is -0.134. The van der Waals surface area contributed by atoms with Crippen LogP contribution in [0.1, 0.15) is 11.1 Å². The van der Waals surface area contributed by atoms with Gasteiger partial charge in [-0.25, -0.2) is 15.0 Å². The summed E-state index contributed by atoms with van der Waals surface area (Å²) in [5, 5.41) is 5.26. The molecule has 2 aliphatic rings. The molecule has 1 spiro atoms. The number of thioether (sulfide) groups is 1. The van der Waals surface area contributed by atoms with Crippen LogP contribution in [0.4, 0.5) is 11.5 Å². The van der Waals surface area contributed by atoms with Crippen LogP contribution >= 0.6 is 11.8 Å². The molecule has 0 saturated carbocycles. The SMILES string of the molecule is Cc1ccc2c(c1)C1(SCC(=O)N1Nc1nc3ncccc3cc1-c1ccccc1)C(=O)N2. The first-order valence-corrected chi connectivity index (χ1v) is 11.5. The normalized spacial score (nSPS) is 19.2.